The van der Waals surface area contributed by atoms with E-state index >= 15 is 0 Å². The molecule has 0 saturated carbocycles. The molecule has 19 heavy (non-hydrogen) atoms. The van der Waals surface area contributed by atoms with Crippen LogP contribution >= 0.6 is 22.6 Å². The normalized spacial score (nSPS) is 11.4. The Morgan fingerprint density at radius 1 is 1.00 bits per heavy atom. The van der Waals surface area contributed by atoms with Crippen LogP contribution in [0.5, 0.6) is 5.75 Å². The fourth-order valence-electron chi connectivity index (χ4n) is 1.82. The van der Waals surface area contributed by atoms with Crippen molar-refractivity contribution in [3.8, 4) is 5.75 Å². The molecule has 2 heteroatoms. The van der Waals surface area contributed by atoms with E-state index in [1.807, 2.05) is 18.2 Å². The predicted molar refractivity (Wildman–Crippen MR) is 88.6 cm³/mol. The van der Waals surface area contributed by atoms with E-state index in [1.54, 1.807) is 0 Å². The van der Waals surface area contributed by atoms with Crippen LogP contribution in [-0.4, -0.2) is 0 Å². The Morgan fingerprint density at radius 3 is 2.26 bits per heavy atom. The third-order valence-corrected chi connectivity index (χ3v) is 3.88. The van der Waals surface area contributed by atoms with Gasteiger partial charge in [-0.1, -0.05) is 57.2 Å². The summed E-state index contributed by atoms with van der Waals surface area (Å²) in [7, 11) is 0. The van der Waals surface area contributed by atoms with Crippen LogP contribution in [0.1, 0.15) is 31.9 Å². The van der Waals surface area contributed by atoms with Crippen molar-refractivity contribution < 1.29 is 4.74 Å². The van der Waals surface area contributed by atoms with E-state index in [4.69, 9.17) is 4.74 Å². The maximum Gasteiger partial charge on any atom is 0.133 e. The first-order chi connectivity index (χ1) is 8.97. The van der Waals surface area contributed by atoms with Crippen LogP contribution in [0.2, 0.25) is 0 Å². The Labute approximate surface area is 129 Å². The highest BCUT2D eigenvalue weighted by Crippen LogP contribution is 2.29. The van der Waals surface area contributed by atoms with Gasteiger partial charge in [-0.05, 0) is 51.3 Å². The summed E-state index contributed by atoms with van der Waals surface area (Å²) in [6, 6.07) is 16.7. The third-order valence-electron chi connectivity index (χ3n) is 3.04. The van der Waals surface area contributed by atoms with Crippen molar-refractivity contribution >= 4 is 22.6 Å². The van der Waals surface area contributed by atoms with Crippen LogP contribution in [0.15, 0.2) is 48.5 Å². The van der Waals surface area contributed by atoms with E-state index in [0.29, 0.717) is 6.61 Å². The molecule has 0 aromatic heterocycles. The van der Waals surface area contributed by atoms with Gasteiger partial charge in [0.05, 0.1) is 3.57 Å². The highest BCUT2D eigenvalue weighted by atomic mass is 127. The zero-order chi connectivity index (χ0) is 13.9. The van der Waals surface area contributed by atoms with Gasteiger partial charge < -0.3 is 4.74 Å². The summed E-state index contributed by atoms with van der Waals surface area (Å²) in [4.78, 5) is 0. The highest BCUT2D eigenvalue weighted by Gasteiger charge is 2.15. The first-order valence-corrected chi connectivity index (χ1v) is 7.51. The maximum atomic E-state index is 5.88. The zero-order valence-corrected chi connectivity index (χ0v) is 13.8. The monoisotopic (exact) mass is 366 g/mol. The van der Waals surface area contributed by atoms with E-state index in [9.17, 15) is 0 Å². The Kier molecular flexibility index (Phi) is 4.50. The van der Waals surface area contributed by atoms with Gasteiger partial charge in [0, 0.05) is 0 Å². The van der Waals surface area contributed by atoms with Crippen molar-refractivity contribution in [2.45, 2.75) is 32.8 Å². The number of ether oxygens (including phenoxy) is 1. The van der Waals surface area contributed by atoms with Crippen LogP contribution in [-0.2, 0) is 12.0 Å². The molecule has 0 unspecified atom stereocenters. The number of halogens is 1. The van der Waals surface area contributed by atoms with Crippen molar-refractivity contribution in [1.29, 1.82) is 0 Å². The summed E-state index contributed by atoms with van der Waals surface area (Å²) >= 11 is 2.34. The largest absolute Gasteiger partial charge is 0.488 e. The molecule has 0 aliphatic carbocycles. The van der Waals surface area contributed by atoms with Gasteiger partial charge >= 0.3 is 0 Å². The van der Waals surface area contributed by atoms with Crippen LogP contribution in [0.4, 0.5) is 0 Å². The fraction of sp³-hybridized carbons (Fsp3) is 0.294. The maximum absolute atomic E-state index is 5.88. The molecule has 0 aliphatic rings. The van der Waals surface area contributed by atoms with Gasteiger partial charge in [0.25, 0.3) is 0 Å². The lowest BCUT2D eigenvalue weighted by Crippen LogP contribution is -2.11. The molecule has 0 fully saturated rings. The average molecular weight is 366 g/mol. The quantitative estimate of drug-likeness (QED) is 0.682. The average Bonchev–Trinajstić information content (AvgIpc) is 2.37. The molecule has 1 nitrogen and oxygen atoms in total. The summed E-state index contributed by atoms with van der Waals surface area (Å²) in [6.07, 6.45) is 0. The van der Waals surface area contributed by atoms with E-state index < -0.39 is 0 Å². The molecule has 0 saturated heterocycles. The first-order valence-electron chi connectivity index (χ1n) is 6.43. The molecule has 100 valence electrons. The molecule has 0 atom stereocenters. The Morgan fingerprint density at radius 2 is 1.68 bits per heavy atom. The van der Waals surface area contributed by atoms with Gasteiger partial charge in [-0.3, -0.25) is 0 Å². The van der Waals surface area contributed by atoms with Gasteiger partial charge in [0.2, 0.25) is 0 Å². The summed E-state index contributed by atoms with van der Waals surface area (Å²) in [6.45, 7) is 7.29. The molecule has 0 bridgehead atoms. The lowest BCUT2D eigenvalue weighted by Gasteiger charge is -2.20. The van der Waals surface area contributed by atoms with Crippen LogP contribution < -0.4 is 4.74 Å². The van der Waals surface area contributed by atoms with Crippen LogP contribution in [0.3, 0.4) is 0 Å². The minimum Gasteiger partial charge on any atom is -0.488 e. The molecule has 2 rings (SSSR count). The highest BCUT2D eigenvalue weighted by molar-refractivity contribution is 14.1. The van der Waals surface area contributed by atoms with Crippen molar-refractivity contribution in [2.75, 3.05) is 0 Å². The fourth-order valence-corrected chi connectivity index (χ4v) is 2.49. The minimum atomic E-state index is 0.178. The first kappa shape index (κ1) is 14.4. The molecule has 0 N–H and O–H groups in total. The summed E-state index contributed by atoms with van der Waals surface area (Å²) in [5, 5.41) is 0. The van der Waals surface area contributed by atoms with E-state index in [-0.39, 0.29) is 5.41 Å². The molecule has 0 radical (unpaired) electrons. The van der Waals surface area contributed by atoms with Gasteiger partial charge in [-0.25, -0.2) is 0 Å². The Hall–Kier alpha value is -1.03. The Bertz CT molecular complexity index is 541. The van der Waals surface area contributed by atoms with Gasteiger partial charge in [-0.15, -0.1) is 0 Å². The second-order valence-corrected chi connectivity index (χ2v) is 6.83. The molecular weight excluding hydrogens is 347 g/mol. The molecule has 0 amide bonds. The third kappa shape index (κ3) is 3.96. The van der Waals surface area contributed by atoms with Crippen LogP contribution in [0, 0.1) is 3.57 Å². The second kappa shape index (κ2) is 5.95. The standard InChI is InChI=1S/C17H19IO/c1-17(2,3)14-9-10-16(15(18)11-14)19-12-13-7-5-4-6-8-13/h4-11H,12H2,1-3H3. The van der Waals surface area contributed by atoms with E-state index in [2.05, 4.69) is 73.7 Å². The van der Waals surface area contributed by atoms with Crippen molar-refractivity contribution in [2.24, 2.45) is 0 Å². The molecule has 2 aromatic carbocycles. The lowest BCUT2D eigenvalue weighted by atomic mass is 9.87. The van der Waals surface area contributed by atoms with Crippen LogP contribution in [0.25, 0.3) is 0 Å². The molecular formula is C17H19IO. The number of hydrogen-bond donors (Lipinski definition) is 0. The molecule has 0 heterocycles. The lowest BCUT2D eigenvalue weighted by molar-refractivity contribution is 0.303. The zero-order valence-electron chi connectivity index (χ0n) is 11.6. The number of benzene rings is 2. The van der Waals surface area contributed by atoms with Gasteiger partial charge in [-0.2, -0.15) is 0 Å². The van der Waals surface area contributed by atoms with Crippen molar-refractivity contribution in [3.63, 3.8) is 0 Å². The van der Waals surface area contributed by atoms with Gasteiger partial charge in [0.1, 0.15) is 12.4 Å². The smallest absolute Gasteiger partial charge is 0.133 e. The van der Waals surface area contributed by atoms with Crippen molar-refractivity contribution in [1.82, 2.24) is 0 Å². The topological polar surface area (TPSA) is 9.23 Å². The molecule has 0 aliphatic heterocycles. The SMILES string of the molecule is CC(C)(C)c1ccc(OCc2ccccc2)c(I)c1. The summed E-state index contributed by atoms with van der Waals surface area (Å²) in [5.41, 5.74) is 2.71. The molecule has 0 spiro atoms. The Balaban J connectivity index is 2.10. The minimum absolute atomic E-state index is 0.178. The van der Waals surface area contributed by atoms with E-state index in [0.717, 1.165) is 5.75 Å². The number of hydrogen-bond acceptors (Lipinski definition) is 1. The second-order valence-electron chi connectivity index (χ2n) is 5.67. The predicted octanol–water partition coefficient (Wildman–Crippen LogP) is 5.17. The summed E-state index contributed by atoms with van der Waals surface area (Å²) < 4.78 is 7.05. The summed E-state index contributed by atoms with van der Waals surface area (Å²) in [5.74, 6) is 0.956. The number of rotatable bonds is 3. The van der Waals surface area contributed by atoms with Gasteiger partial charge in [0.15, 0.2) is 0 Å². The van der Waals surface area contributed by atoms with Crippen molar-refractivity contribution in [3.05, 3.63) is 63.2 Å². The molecule has 2 aromatic rings. The van der Waals surface area contributed by atoms with E-state index in [1.165, 1.54) is 14.7 Å².